The Labute approximate surface area is 154 Å². The number of aromatic nitrogens is 3. The van der Waals surface area contributed by atoms with E-state index in [1.54, 1.807) is 42.6 Å². The van der Waals surface area contributed by atoms with Crippen LogP contribution in [0.1, 0.15) is 16.1 Å². The standard InChI is InChI=1S/C16H14ClN5O3S/c17-15-4-2-1-3-14(15)16(23)19-9-11-10-22(21-20-11)12-5-7-13(8-6-12)26(18,24)25/h1-8,10H,9H2,(H,19,23)(H2,18,24,25). The summed E-state index contributed by atoms with van der Waals surface area (Å²) in [6.07, 6.45) is 1.62. The highest BCUT2D eigenvalue weighted by Crippen LogP contribution is 2.15. The van der Waals surface area contributed by atoms with E-state index in [1.165, 1.54) is 16.8 Å². The molecular formula is C16H14ClN5O3S. The van der Waals surface area contributed by atoms with Gasteiger partial charge in [0.05, 0.1) is 33.9 Å². The van der Waals surface area contributed by atoms with Crippen LogP contribution in [0.25, 0.3) is 5.69 Å². The van der Waals surface area contributed by atoms with E-state index in [1.807, 2.05) is 0 Å². The van der Waals surface area contributed by atoms with Gasteiger partial charge in [-0.15, -0.1) is 5.10 Å². The van der Waals surface area contributed by atoms with Crippen molar-refractivity contribution in [3.63, 3.8) is 0 Å². The number of nitrogens with one attached hydrogen (secondary N) is 1. The molecule has 0 aliphatic carbocycles. The van der Waals surface area contributed by atoms with Crippen molar-refractivity contribution < 1.29 is 13.2 Å². The number of benzene rings is 2. The monoisotopic (exact) mass is 391 g/mol. The highest BCUT2D eigenvalue weighted by atomic mass is 35.5. The number of carbonyl (C=O) groups is 1. The van der Waals surface area contributed by atoms with Crippen LogP contribution in [0.5, 0.6) is 0 Å². The van der Waals surface area contributed by atoms with Crippen LogP contribution in [0.3, 0.4) is 0 Å². The summed E-state index contributed by atoms with van der Waals surface area (Å²) in [7, 11) is -3.75. The highest BCUT2D eigenvalue weighted by molar-refractivity contribution is 7.89. The number of carbonyl (C=O) groups excluding carboxylic acids is 1. The number of nitrogens with zero attached hydrogens (tertiary/aromatic N) is 3. The van der Waals surface area contributed by atoms with Gasteiger partial charge in [0.1, 0.15) is 5.69 Å². The molecule has 0 saturated heterocycles. The molecule has 2 aromatic carbocycles. The third-order valence-corrected chi connectivity index (χ3v) is 4.78. The Morgan fingerprint density at radius 2 is 1.85 bits per heavy atom. The Kier molecular flexibility index (Phi) is 5.03. The van der Waals surface area contributed by atoms with Crippen molar-refractivity contribution in [1.29, 1.82) is 0 Å². The topological polar surface area (TPSA) is 120 Å². The Balaban J connectivity index is 1.68. The summed E-state index contributed by atoms with van der Waals surface area (Å²) in [5.74, 6) is -0.317. The SMILES string of the molecule is NS(=O)(=O)c1ccc(-n2cc(CNC(=O)c3ccccc3Cl)nn2)cc1. The van der Waals surface area contributed by atoms with E-state index in [9.17, 15) is 13.2 Å². The van der Waals surface area contributed by atoms with Gasteiger partial charge in [-0.05, 0) is 36.4 Å². The third-order valence-electron chi connectivity index (χ3n) is 3.52. The van der Waals surface area contributed by atoms with Gasteiger partial charge in [-0.2, -0.15) is 0 Å². The fourth-order valence-electron chi connectivity index (χ4n) is 2.21. The zero-order valence-electron chi connectivity index (χ0n) is 13.3. The Morgan fingerprint density at radius 3 is 2.50 bits per heavy atom. The van der Waals surface area contributed by atoms with Crippen LogP contribution >= 0.6 is 11.6 Å². The van der Waals surface area contributed by atoms with Crippen molar-refractivity contribution in [3.8, 4) is 5.69 Å². The quantitative estimate of drug-likeness (QED) is 0.682. The van der Waals surface area contributed by atoms with Crippen LogP contribution < -0.4 is 10.5 Å². The first-order chi connectivity index (χ1) is 12.3. The number of nitrogens with two attached hydrogens (primary N) is 1. The van der Waals surface area contributed by atoms with Crippen LogP contribution in [0.15, 0.2) is 59.6 Å². The minimum absolute atomic E-state index is 0.00796. The van der Waals surface area contributed by atoms with E-state index in [2.05, 4.69) is 15.6 Å². The molecule has 26 heavy (non-hydrogen) atoms. The van der Waals surface area contributed by atoms with Crippen LogP contribution in [-0.2, 0) is 16.6 Å². The van der Waals surface area contributed by atoms with Crippen LogP contribution in [0.2, 0.25) is 5.02 Å². The second kappa shape index (κ2) is 7.24. The average Bonchev–Trinajstić information content (AvgIpc) is 3.08. The molecule has 10 heteroatoms. The van der Waals surface area contributed by atoms with Crippen molar-refractivity contribution >= 4 is 27.5 Å². The van der Waals surface area contributed by atoms with Gasteiger partial charge >= 0.3 is 0 Å². The number of rotatable bonds is 5. The zero-order valence-corrected chi connectivity index (χ0v) is 14.9. The number of halogens is 1. The molecule has 3 rings (SSSR count). The van der Waals surface area contributed by atoms with Gasteiger partial charge < -0.3 is 5.32 Å². The van der Waals surface area contributed by atoms with E-state index in [4.69, 9.17) is 16.7 Å². The summed E-state index contributed by atoms with van der Waals surface area (Å²) in [6.45, 7) is 0.166. The smallest absolute Gasteiger partial charge is 0.253 e. The molecule has 0 spiro atoms. The molecule has 134 valence electrons. The molecular weight excluding hydrogens is 378 g/mol. The van der Waals surface area contributed by atoms with E-state index < -0.39 is 10.0 Å². The summed E-state index contributed by atoms with van der Waals surface area (Å²) in [5, 5.41) is 16.1. The predicted octanol–water partition coefficient (Wildman–Crippen LogP) is 1.50. The number of primary sulfonamides is 1. The molecule has 1 aromatic heterocycles. The summed E-state index contributed by atoms with van der Waals surface area (Å²) < 4.78 is 24.0. The van der Waals surface area contributed by atoms with Crippen LogP contribution in [-0.4, -0.2) is 29.3 Å². The highest BCUT2D eigenvalue weighted by Gasteiger charge is 2.11. The maximum atomic E-state index is 12.1. The molecule has 0 radical (unpaired) electrons. The van der Waals surface area contributed by atoms with Gasteiger partial charge in [-0.3, -0.25) is 4.79 Å². The van der Waals surface area contributed by atoms with Gasteiger partial charge in [0.25, 0.3) is 5.91 Å². The summed E-state index contributed by atoms with van der Waals surface area (Å²) in [5.41, 5.74) is 1.51. The van der Waals surface area contributed by atoms with Crippen molar-refractivity contribution in [2.75, 3.05) is 0 Å². The molecule has 1 heterocycles. The molecule has 1 amide bonds. The third kappa shape index (κ3) is 4.07. The van der Waals surface area contributed by atoms with E-state index in [0.717, 1.165) is 0 Å². The minimum atomic E-state index is -3.75. The fraction of sp³-hybridized carbons (Fsp3) is 0.0625. The lowest BCUT2D eigenvalue weighted by molar-refractivity contribution is 0.0950. The largest absolute Gasteiger partial charge is 0.346 e. The lowest BCUT2D eigenvalue weighted by atomic mass is 10.2. The van der Waals surface area contributed by atoms with Crippen molar-refractivity contribution in [2.24, 2.45) is 5.14 Å². The summed E-state index contributed by atoms with van der Waals surface area (Å²) >= 11 is 5.99. The van der Waals surface area contributed by atoms with Gasteiger partial charge in [-0.1, -0.05) is 28.9 Å². The molecule has 0 unspecified atom stereocenters. The normalized spacial score (nSPS) is 11.3. The molecule has 0 fully saturated rings. The van der Waals surface area contributed by atoms with Crippen molar-refractivity contribution in [2.45, 2.75) is 11.4 Å². The first kappa shape index (κ1) is 18.1. The second-order valence-corrected chi connectivity index (χ2v) is 7.32. The number of sulfonamides is 1. The van der Waals surface area contributed by atoms with E-state index >= 15 is 0 Å². The lowest BCUT2D eigenvalue weighted by Crippen LogP contribution is -2.23. The molecule has 0 aliphatic rings. The van der Waals surface area contributed by atoms with Gasteiger partial charge in [0.15, 0.2) is 0 Å². The van der Waals surface area contributed by atoms with E-state index in [-0.39, 0.29) is 17.3 Å². The maximum Gasteiger partial charge on any atom is 0.253 e. The lowest BCUT2D eigenvalue weighted by Gasteiger charge is -2.04. The summed E-state index contributed by atoms with van der Waals surface area (Å²) in [4.78, 5) is 12.1. The number of hydrogen-bond acceptors (Lipinski definition) is 5. The molecule has 8 nitrogen and oxygen atoms in total. The van der Waals surface area contributed by atoms with Gasteiger partial charge in [0, 0.05) is 0 Å². The average molecular weight is 392 g/mol. The number of amides is 1. The molecule has 0 bridgehead atoms. The Morgan fingerprint density at radius 1 is 1.15 bits per heavy atom. The van der Waals surface area contributed by atoms with Gasteiger partial charge in [-0.25, -0.2) is 18.2 Å². The van der Waals surface area contributed by atoms with Crippen molar-refractivity contribution in [1.82, 2.24) is 20.3 Å². The Bertz CT molecular complexity index is 1050. The predicted molar refractivity (Wildman–Crippen MR) is 95.4 cm³/mol. The second-order valence-electron chi connectivity index (χ2n) is 5.36. The number of hydrogen-bond donors (Lipinski definition) is 2. The van der Waals surface area contributed by atoms with Gasteiger partial charge in [0.2, 0.25) is 10.0 Å². The molecule has 3 aromatic rings. The molecule has 0 aliphatic heterocycles. The minimum Gasteiger partial charge on any atom is -0.346 e. The fourth-order valence-corrected chi connectivity index (χ4v) is 2.94. The van der Waals surface area contributed by atoms with Crippen LogP contribution in [0.4, 0.5) is 0 Å². The van der Waals surface area contributed by atoms with Crippen LogP contribution in [0, 0.1) is 0 Å². The summed E-state index contributed by atoms with van der Waals surface area (Å²) in [6, 6.07) is 12.6. The molecule has 3 N–H and O–H groups in total. The molecule has 0 atom stereocenters. The zero-order chi connectivity index (χ0) is 18.7. The molecule has 0 saturated carbocycles. The van der Waals surface area contributed by atoms with E-state index in [0.29, 0.717) is 22.0 Å². The maximum absolute atomic E-state index is 12.1. The van der Waals surface area contributed by atoms with Crippen molar-refractivity contribution in [3.05, 3.63) is 71.0 Å². The first-order valence-corrected chi connectivity index (χ1v) is 9.34. The Hall–Kier alpha value is -2.75. The first-order valence-electron chi connectivity index (χ1n) is 7.42.